The maximum atomic E-state index is 12.5. The van der Waals surface area contributed by atoms with E-state index in [9.17, 15) is 4.79 Å². The molecule has 3 rings (SSSR count). The van der Waals surface area contributed by atoms with Gasteiger partial charge in [-0.25, -0.2) is 0 Å². The Bertz CT molecular complexity index is 822. The number of nitrogens with two attached hydrogens (primary N) is 1. The van der Waals surface area contributed by atoms with Crippen LogP contribution in [0.15, 0.2) is 24.3 Å². The van der Waals surface area contributed by atoms with Gasteiger partial charge in [0.25, 0.3) is 0 Å². The second kappa shape index (κ2) is 6.59. The Morgan fingerprint density at radius 3 is 2.54 bits per heavy atom. The molecule has 0 bridgehead atoms. The van der Waals surface area contributed by atoms with Crippen LogP contribution in [0.1, 0.15) is 43.7 Å². The second-order valence-electron chi connectivity index (χ2n) is 8.04. The van der Waals surface area contributed by atoms with Gasteiger partial charge in [-0.2, -0.15) is 0 Å². The van der Waals surface area contributed by atoms with Crippen molar-refractivity contribution in [2.45, 2.75) is 51.6 Å². The number of hydrogen-bond acceptors (Lipinski definition) is 5. The molecule has 26 heavy (non-hydrogen) atoms. The Labute approximate surface area is 158 Å². The van der Waals surface area contributed by atoms with E-state index in [2.05, 4.69) is 38.3 Å². The van der Waals surface area contributed by atoms with Crippen molar-refractivity contribution in [1.29, 1.82) is 0 Å². The van der Waals surface area contributed by atoms with Gasteiger partial charge in [-0.3, -0.25) is 4.79 Å². The molecule has 0 saturated carbocycles. The SMILES string of the molecule is COc1ccc(CC(=O)Nc2sc3c(c2N)CC(C)(C)NC3(C)C)cc1. The average molecular weight is 374 g/mol. The molecule has 0 saturated heterocycles. The molecule has 0 unspecified atom stereocenters. The number of fused-ring (bicyclic) bond motifs is 1. The van der Waals surface area contributed by atoms with Crippen molar-refractivity contribution in [2.75, 3.05) is 18.2 Å². The molecule has 0 atom stereocenters. The Hall–Kier alpha value is -2.05. The van der Waals surface area contributed by atoms with Crippen molar-refractivity contribution in [2.24, 2.45) is 0 Å². The van der Waals surface area contributed by atoms with Gasteiger partial charge >= 0.3 is 0 Å². The molecule has 1 aliphatic heterocycles. The number of ether oxygens (including phenoxy) is 1. The minimum absolute atomic E-state index is 0.0317. The smallest absolute Gasteiger partial charge is 0.229 e. The van der Waals surface area contributed by atoms with Crippen molar-refractivity contribution < 1.29 is 9.53 Å². The summed E-state index contributed by atoms with van der Waals surface area (Å²) in [5, 5.41) is 7.42. The molecule has 0 spiro atoms. The molecular weight excluding hydrogens is 346 g/mol. The van der Waals surface area contributed by atoms with E-state index < -0.39 is 0 Å². The van der Waals surface area contributed by atoms with E-state index >= 15 is 0 Å². The Kier molecular flexibility index (Phi) is 4.75. The molecule has 4 N–H and O–H groups in total. The lowest BCUT2D eigenvalue weighted by molar-refractivity contribution is -0.115. The van der Waals surface area contributed by atoms with E-state index in [1.807, 2.05) is 24.3 Å². The fourth-order valence-electron chi connectivity index (χ4n) is 3.74. The van der Waals surface area contributed by atoms with Crippen molar-refractivity contribution in [3.05, 3.63) is 40.3 Å². The predicted molar refractivity (Wildman–Crippen MR) is 108 cm³/mol. The molecule has 2 heterocycles. The number of thiophene rings is 1. The summed E-state index contributed by atoms with van der Waals surface area (Å²) in [5.41, 5.74) is 8.99. The van der Waals surface area contributed by atoms with Crippen LogP contribution in [0.2, 0.25) is 0 Å². The van der Waals surface area contributed by atoms with E-state index in [-0.39, 0.29) is 17.0 Å². The van der Waals surface area contributed by atoms with Gasteiger partial charge in [0.1, 0.15) is 10.8 Å². The van der Waals surface area contributed by atoms with Crippen molar-refractivity contribution in [3.8, 4) is 5.75 Å². The zero-order valence-electron chi connectivity index (χ0n) is 16.0. The normalized spacial score (nSPS) is 17.4. The quantitative estimate of drug-likeness (QED) is 0.764. The van der Waals surface area contributed by atoms with E-state index in [0.717, 1.165) is 28.3 Å². The first-order valence-electron chi connectivity index (χ1n) is 8.75. The first-order valence-corrected chi connectivity index (χ1v) is 9.57. The predicted octanol–water partition coefficient (Wildman–Crippen LogP) is 3.68. The number of amides is 1. The first kappa shape index (κ1) is 18.7. The van der Waals surface area contributed by atoms with Gasteiger partial charge in [-0.15, -0.1) is 11.3 Å². The Balaban J connectivity index is 1.78. The highest BCUT2D eigenvalue weighted by atomic mass is 32.1. The van der Waals surface area contributed by atoms with Crippen molar-refractivity contribution >= 4 is 27.9 Å². The molecular formula is C20H27N3O2S. The highest BCUT2D eigenvalue weighted by Crippen LogP contribution is 2.46. The molecule has 1 aromatic carbocycles. The fourth-order valence-corrected chi connectivity index (χ4v) is 4.95. The third kappa shape index (κ3) is 3.71. The third-order valence-corrected chi connectivity index (χ3v) is 6.15. The fraction of sp³-hybridized carbons (Fsp3) is 0.450. The zero-order valence-corrected chi connectivity index (χ0v) is 16.8. The van der Waals surface area contributed by atoms with Crippen LogP contribution in [0.3, 0.4) is 0 Å². The molecule has 2 aromatic rings. The van der Waals surface area contributed by atoms with Gasteiger partial charge in [-0.05, 0) is 57.4 Å². The number of rotatable bonds is 4. The van der Waals surface area contributed by atoms with Gasteiger partial charge in [0.05, 0.1) is 19.2 Å². The number of benzene rings is 1. The summed E-state index contributed by atoms with van der Waals surface area (Å²) < 4.78 is 5.15. The summed E-state index contributed by atoms with van der Waals surface area (Å²) in [6.45, 7) is 8.67. The standard InChI is InChI=1S/C20H27N3O2S/c1-19(2)11-14-16(21)18(26-17(14)20(3,4)23-19)22-15(24)10-12-6-8-13(25-5)9-7-12/h6-9,23H,10-11,21H2,1-5H3,(H,22,24). The summed E-state index contributed by atoms with van der Waals surface area (Å²) in [6, 6.07) is 7.52. The van der Waals surface area contributed by atoms with E-state index in [4.69, 9.17) is 10.5 Å². The zero-order chi connectivity index (χ0) is 19.1. The van der Waals surface area contributed by atoms with Crippen molar-refractivity contribution in [3.63, 3.8) is 0 Å². The molecule has 6 heteroatoms. The van der Waals surface area contributed by atoms with E-state index in [1.165, 1.54) is 4.88 Å². The third-order valence-electron chi connectivity index (χ3n) is 4.66. The lowest BCUT2D eigenvalue weighted by atomic mass is 9.82. The maximum absolute atomic E-state index is 12.5. The molecule has 1 aliphatic rings. The number of methoxy groups -OCH3 is 1. The van der Waals surface area contributed by atoms with E-state index in [1.54, 1.807) is 18.4 Å². The molecule has 0 aliphatic carbocycles. The first-order chi connectivity index (χ1) is 12.1. The number of hydrogen-bond donors (Lipinski definition) is 3. The van der Waals surface area contributed by atoms with Gasteiger partial charge in [-0.1, -0.05) is 12.1 Å². The molecule has 1 aromatic heterocycles. The largest absolute Gasteiger partial charge is 0.497 e. The van der Waals surface area contributed by atoms with Crippen LogP contribution >= 0.6 is 11.3 Å². The minimum Gasteiger partial charge on any atom is -0.497 e. The minimum atomic E-state index is -0.172. The number of nitrogens with one attached hydrogen (secondary N) is 2. The van der Waals surface area contributed by atoms with Gasteiger partial charge in [0.2, 0.25) is 5.91 Å². The van der Waals surface area contributed by atoms with Crippen LogP contribution in [-0.4, -0.2) is 18.6 Å². The highest BCUT2D eigenvalue weighted by molar-refractivity contribution is 7.17. The lowest BCUT2D eigenvalue weighted by Crippen LogP contribution is -2.54. The monoisotopic (exact) mass is 373 g/mol. The summed E-state index contributed by atoms with van der Waals surface area (Å²) in [5.74, 6) is 0.715. The number of carbonyl (C=O) groups is 1. The maximum Gasteiger partial charge on any atom is 0.229 e. The number of anilines is 2. The number of carbonyl (C=O) groups excluding carboxylic acids is 1. The second-order valence-corrected chi connectivity index (χ2v) is 9.06. The van der Waals surface area contributed by atoms with Gasteiger partial charge in [0, 0.05) is 16.0 Å². The summed E-state index contributed by atoms with van der Waals surface area (Å²) in [6.07, 6.45) is 1.15. The topological polar surface area (TPSA) is 76.4 Å². The van der Waals surface area contributed by atoms with Crippen LogP contribution < -0.4 is 21.1 Å². The molecule has 5 nitrogen and oxygen atoms in total. The molecule has 140 valence electrons. The Morgan fingerprint density at radius 2 is 1.92 bits per heavy atom. The van der Waals surface area contributed by atoms with Gasteiger partial charge in [0.15, 0.2) is 0 Å². The average Bonchev–Trinajstić information content (AvgIpc) is 2.84. The summed E-state index contributed by atoms with van der Waals surface area (Å²) in [7, 11) is 1.63. The van der Waals surface area contributed by atoms with E-state index in [0.29, 0.717) is 12.1 Å². The number of nitrogen functional groups attached to an aromatic ring is 1. The van der Waals surface area contributed by atoms with Crippen LogP contribution in [-0.2, 0) is 23.2 Å². The summed E-state index contributed by atoms with van der Waals surface area (Å²) in [4.78, 5) is 13.7. The van der Waals surface area contributed by atoms with Crippen LogP contribution in [0.25, 0.3) is 0 Å². The van der Waals surface area contributed by atoms with Crippen LogP contribution in [0, 0.1) is 0 Å². The Morgan fingerprint density at radius 1 is 1.27 bits per heavy atom. The molecule has 1 amide bonds. The molecule has 0 fully saturated rings. The van der Waals surface area contributed by atoms with Crippen LogP contribution in [0.5, 0.6) is 5.75 Å². The highest BCUT2D eigenvalue weighted by Gasteiger charge is 2.40. The lowest BCUT2D eigenvalue weighted by Gasteiger charge is -2.42. The van der Waals surface area contributed by atoms with Crippen LogP contribution in [0.4, 0.5) is 10.7 Å². The summed E-state index contributed by atoms with van der Waals surface area (Å²) >= 11 is 1.58. The van der Waals surface area contributed by atoms with Crippen molar-refractivity contribution in [1.82, 2.24) is 5.32 Å². The van der Waals surface area contributed by atoms with Gasteiger partial charge < -0.3 is 21.1 Å². The molecule has 0 radical (unpaired) electrons.